The fraction of sp³-hybridized carbons (Fsp3) is 0.154. The average molecular weight is 310 g/mol. The van der Waals surface area contributed by atoms with E-state index in [0.717, 1.165) is 0 Å². The molecule has 0 radical (unpaired) electrons. The van der Waals surface area contributed by atoms with Gasteiger partial charge in [-0.2, -0.15) is 5.10 Å². The van der Waals surface area contributed by atoms with E-state index in [1.54, 1.807) is 13.1 Å². The van der Waals surface area contributed by atoms with E-state index < -0.39 is 11.9 Å². The molecule has 0 atom stereocenters. The fourth-order valence-electron chi connectivity index (χ4n) is 1.77. The number of halogens is 1. The quantitative estimate of drug-likeness (QED) is 0.901. The first kappa shape index (κ1) is 14.9. The molecule has 110 valence electrons. The summed E-state index contributed by atoms with van der Waals surface area (Å²) in [5.41, 5.74) is 0.512. The largest absolute Gasteiger partial charge is 0.496 e. The number of carbonyl (C=O) groups excluding carboxylic acids is 1. The molecule has 0 fully saturated rings. The van der Waals surface area contributed by atoms with Crippen LogP contribution in [0, 0.1) is 0 Å². The van der Waals surface area contributed by atoms with Crippen LogP contribution in [0.3, 0.4) is 0 Å². The highest BCUT2D eigenvalue weighted by Gasteiger charge is 2.17. The zero-order valence-corrected chi connectivity index (χ0v) is 12.0. The van der Waals surface area contributed by atoms with Crippen LogP contribution in [0.2, 0.25) is 5.02 Å². The van der Waals surface area contributed by atoms with Crippen LogP contribution in [-0.2, 0) is 7.05 Å². The van der Waals surface area contributed by atoms with Gasteiger partial charge in [0.15, 0.2) is 0 Å². The maximum absolute atomic E-state index is 12.1. The summed E-state index contributed by atoms with van der Waals surface area (Å²) in [5.74, 6) is -1.48. The van der Waals surface area contributed by atoms with Crippen molar-refractivity contribution in [1.82, 2.24) is 9.78 Å². The Kier molecular flexibility index (Phi) is 4.13. The van der Waals surface area contributed by atoms with Gasteiger partial charge in [0.2, 0.25) is 0 Å². The summed E-state index contributed by atoms with van der Waals surface area (Å²) in [7, 11) is 2.97. The number of aryl methyl sites for hydroxylation is 1. The lowest BCUT2D eigenvalue weighted by Gasteiger charge is -2.11. The second-order valence-corrected chi connectivity index (χ2v) is 4.54. The molecular weight excluding hydrogens is 298 g/mol. The van der Waals surface area contributed by atoms with Crippen LogP contribution in [0.1, 0.15) is 20.8 Å². The van der Waals surface area contributed by atoms with E-state index in [1.165, 1.54) is 30.1 Å². The molecule has 0 saturated heterocycles. The van der Waals surface area contributed by atoms with E-state index in [9.17, 15) is 9.59 Å². The predicted octanol–water partition coefficient (Wildman–Crippen LogP) is 2.03. The Bertz CT molecular complexity index is 711. The maximum atomic E-state index is 12.1. The van der Waals surface area contributed by atoms with Gasteiger partial charge >= 0.3 is 5.97 Å². The van der Waals surface area contributed by atoms with E-state index >= 15 is 0 Å². The molecule has 21 heavy (non-hydrogen) atoms. The molecule has 8 heteroatoms. The number of amides is 1. The van der Waals surface area contributed by atoms with Crippen molar-refractivity contribution in [2.24, 2.45) is 7.05 Å². The number of hydrogen-bond acceptors (Lipinski definition) is 4. The summed E-state index contributed by atoms with van der Waals surface area (Å²) in [6, 6.07) is 4.13. The van der Waals surface area contributed by atoms with Crippen LogP contribution in [0.4, 0.5) is 5.69 Å². The molecule has 2 rings (SSSR count). The summed E-state index contributed by atoms with van der Waals surface area (Å²) < 4.78 is 6.40. The minimum atomic E-state index is -1.17. The van der Waals surface area contributed by atoms with Crippen LogP contribution in [0.5, 0.6) is 5.75 Å². The third-order valence-corrected chi connectivity index (χ3v) is 3.13. The number of ether oxygens (including phenoxy) is 1. The topological polar surface area (TPSA) is 93.5 Å². The molecule has 2 N–H and O–H groups in total. The van der Waals surface area contributed by atoms with Gasteiger partial charge in [-0.1, -0.05) is 11.6 Å². The highest BCUT2D eigenvalue weighted by atomic mass is 35.5. The molecule has 2 aromatic rings. The zero-order chi connectivity index (χ0) is 15.6. The standard InChI is InChI=1S/C13H12ClN3O4/c1-17-10(3-4-15-17)12(18)16-9-6-11(21-2)7(13(19)20)5-8(9)14/h3-6H,1-2H3,(H,16,18)(H,19,20). The number of aromatic nitrogens is 2. The molecule has 0 unspecified atom stereocenters. The normalized spacial score (nSPS) is 10.2. The SMILES string of the molecule is COc1cc(NC(=O)c2ccnn2C)c(Cl)cc1C(=O)O. The van der Waals surface area contributed by atoms with Crippen molar-refractivity contribution >= 4 is 29.2 Å². The number of nitrogens with one attached hydrogen (secondary N) is 1. The van der Waals surface area contributed by atoms with E-state index in [4.69, 9.17) is 21.4 Å². The minimum Gasteiger partial charge on any atom is -0.496 e. The number of methoxy groups -OCH3 is 1. The van der Waals surface area contributed by atoms with E-state index in [1.807, 2.05) is 0 Å². The van der Waals surface area contributed by atoms with Crippen LogP contribution in [-0.4, -0.2) is 33.9 Å². The summed E-state index contributed by atoms with van der Waals surface area (Å²) in [6.07, 6.45) is 1.49. The van der Waals surface area contributed by atoms with Gasteiger partial charge in [-0.05, 0) is 12.1 Å². The maximum Gasteiger partial charge on any atom is 0.339 e. The molecule has 1 heterocycles. The van der Waals surface area contributed by atoms with Crippen LogP contribution in [0.15, 0.2) is 24.4 Å². The number of nitrogens with zero attached hydrogens (tertiary/aromatic N) is 2. The van der Waals surface area contributed by atoms with Gasteiger partial charge in [0.25, 0.3) is 5.91 Å². The first-order valence-electron chi connectivity index (χ1n) is 5.84. The second-order valence-electron chi connectivity index (χ2n) is 4.13. The highest BCUT2D eigenvalue weighted by molar-refractivity contribution is 6.34. The number of carboxylic acids is 1. The van der Waals surface area contributed by atoms with Crippen LogP contribution >= 0.6 is 11.6 Å². The summed E-state index contributed by atoms with van der Waals surface area (Å²) in [5, 5.41) is 15.6. The van der Waals surface area contributed by atoms with Gasteiger partial charge in [-0.25, -0.2) is 4.79 Å². The van der Waals surface area contributed by atoms with E-state index in [-0.39, 0.29) is 22.0 Å². The third kappa shape index (κ3) is 2.97. The molecule has 1 aromatic carbocycles. The lowest BCUT2D eigenvalue weighted by molar-refractivity contribution is 0.0693. The van der Waals surface area contributed by atoms with E-state index in [2.05, 4.69) is 10.4 Å². The van der Waals surface area contributed by atoms with Crippen molar-refractivity contribution < 1.29 is 19.4 Å². The molecule has 1 aromatic heterocycles. The van der Waals surface area contributed by atoms with Gasteiger partial charge in [-0.15, -0.1) is 0 Å². The molecule has 0 aliphatic carbocycles. The number of aromatic carboxylic acids is 1. The monoisotopic (exact) mass is 309 g/mol. The van der Waals surface area contributed by atoms with Gasteiger partial charge in [0.05, 0.1) is 17.8 Å². The molecular formula is C13H12ClN3O4. The first-order chi connectivity index (χ1) is 9.93. The second kappa shape index (κ2) is 5.84. The lowest BCUT2D eigenvalue weighted by Crippen LogP contribution is -2.16. The summed E-state index contributed by atoms with van der Waals surface area (Å²) in [6.45, 7) is 0. The fourth-order valence-corrected chi connectivity index (χ4v) is 1.98. The van der Waals surface area contributed by atoms with Crippen LogP contribution in [0.25, 0.3) is 0 Å². The first-order valence-corrected chi connectivity index (χ1v) is 6.22. The number of carbonyl (C=O) groups is 2. The lowest BCUT2D eigenvalue weighted by atomic mass is 10.1. The number of hydrogen-bond donors (Lipinski definition) is 2. The molecule has 0 bridgehead atoms. The van der Waals surface area contributed by atoms with Crippen molar-refractivity contribution in [2.45, 2.75) is 0 Å². The van der Waals surface area contributed by atoms with Crippen molar-refractivity contribution in [1.29, 1.82) is 0 Å². The number of carboxylic acid groups (broad SMARTS) is 1. The molecule has 0 aliphatic heterocycles. The molecule has 7 nitrogen and oxygen atoms in total. The van der Waals surface area contributed by atoms with Crippen molar-refractivity contribution in [3.05, 3.63) is 40.7 Å². The van der Waals surface area contributed by atoms with Crippen molar-refractivity contribution in [2.75, 3.05) is 12.4 Å². The summed E-state index contributed by atoms with van der Waals surface area (Å²) in [4.78, 5) is 23.1. The Balaban J connectivity index is 2.35. The predicted molar refractivity (Wildman–Crippen MR) is 76.1 cm³/mol. The number of rotatable bonds is 4. The van der Waals surface area contributed by atoms with Crippen LogP contribution < -0.4 is 10.1 Å². The van der Waals surface area contributed by atoms with Crippen molar-refractivity contribution in [3.8, 4) is 5.75 Å². The van der Waals surface area contributed by atoms with Gasteiger partial charge in [0.1, 0.15) is 17.0 Å². The van der Waals surface area contributed by atoms with E-state index in [0.29, 0.717) is 5.69 Å². The van der Waals surface area contributed by atoms with Gasteiger partial charge in [0, 0.05) is 19.3 Å². The minimum absolute atomic E-state index is 0.0824. The Morgan fingerprint density at radius 2 is 2.14 bits per heavy atom. The third-order valence-electron chi connectivity index (χ3n) is 2.82. The molecule has 0 saturated carbocycles. The number of benzene rings is 1. The van der Waals surface area contributed by atoms with Crippen molar-refractivity contribution in [3.63, 3.8) is 0 Å². The molecule has 0 aliphatic rings. The Hall–Kier alpha value is -2.54. The van der Waals surface area contributed by atoms with Gasteiger partial charge < -0.3 is 15.2 Å². The number of anilines is 1. The smallest absolute Gasteiger partial charge is 0.339 e. The highest BCUT2D eigenvalue weighted by Crippen LogP contribution is 2.31. The Morgan fingerprint density at radius 1 is 1.43 bits per heavy atom. The molecule has 0 spiro atoms. The Labute approximate surface area is 125 Å². The summed E-state index contributed by atoms with van der Waals surface area (Å²) >= 11 is 5.99. The average Bonchev–Trinajstić information content (AvgIpc) is 2.86. The molecule has 1 amide bonds. The zero-order valence-electron chi connectivity index (χ0n) is 11.3. The van der Waals surface area contributed by atoms with Gasteiger partial charge in [-0.3, -0.25) is 9.48 Å². The Morgan fingerprint density at radius 3 is 2.67 bits per heavy atom.